The summed E-state index contributed by atoms with van der Waals surface area (Å²) in [6.07, 6.45) is 0. The first-order chi connectivity index (χ1) is 28.8. The van der Waals surface area contributed by atoms with Crippen LogP contribution in [0.1, 0.15) is 0 Å². The molecule has 58 heavy (non-hydrogen) atoms. The summed E-state index contributed by atoms with van der Waals surface area (Å²) in [6.45, 7) is 0. The Labute approximate surface area is 338 Å². The zero-order valence-corrected chi connectivity index (χ0v) is 32.2. The Bertz CT molecular complexity index is 3520. The van der Waals surface area contributed by atoms with Gasteiger partial charge in [-0.1, -0.05) is 127 Å². The average molecular weight is 759 g/mol. The third-order valence-corrected chi connectivity index (χ3v) is 12.7. The minimum absolute atomic E-state index is 0.873. The molecule has 3 nitrogen and oxygen atoms in total. The van der Waals surface area contributed by atoms with Gasteiger partial charge in [-0.3, -0.25) is 0 Å². The fourth-order valence-electron chi connectivity index (χ4n) is 9.00. The lowest BCUT2D eigenvalue weighted by Gasteiger charge is -2.29. The van der Waals surface area contributed by atoms with Crippen molar-refractivity contribution in [1.82, 2.24) is 4.57 Å². The van der Waals surface area contributed by atoms with Crippen LogP contribution in [0.2, 0.25) is 0 Å². The van der Waals surface area contributed by atoms with Crippen molar-refractivity contribution in [3.8, 4) is 27.9 Å². The molecule has 0 saturated heterocycles. The Kier molecular flexibility index (Phi) is 7.40. The molecule has 0 aliphatic heterocycles. The summed E-state index contributed by atoms with van der Waals surface area (Å²) in [7, 11) is 0. The van der Waals surface area contributed by atoms with Crippen LogP contribution < -0.4 is 4.90 Å². The number of para-hydroxylation sites is 3. The van der Waals surface area contributed by atoms with Crippen LogP contribution in [0.5, 0.6) is 0 Å². The minimum Gasteiger partial charge on any atom is -0.456 e. The van der Waals surface area contributed by atoms with E-state index in [0.717, 1.165) is 50.2 Å². The maximum atomic E-state index is 6.37. The summed E-state index contributed by atoms with van der Waals surface area (Å²) in [6, 6.07) is 74.7. The normalized spacial score (nSPS) is 11.8. The molecule has 0 amide bonds. The minimum atomic E-state index is 0.873. The van der Waals surface area contributed by atoms with Crippen molar-refractivity contribution in [2.75, 3.05) is 4.90 Å². The number of hydrogen-bond donors (Lipinski definition) is 0. The number of furan rings is 1. The smallest absolute Gasteiger partial charge is 0.135 e. The SMILES string of the molecule is c1ccc(-c2cccc(N(c3ccc4oc5ccccc5c4c3)c3ccc4c5ccccc5n(-c5ccccc5)c4c3)c2-c2ccc3sc4ccccc4c3c2)cc1. The van der Waals surface area contributed by atoms with Crippen LogP contribution in [-0.4, -0.2) is 4.57 Å². The number of benzene rings is 9. The Balaban J connectivity index is 1.18. The van der Waals surface area contributed by atoms with Crippen molar-refractivity contribution in [1.29, 1.82) is 0 Å². The fraction of sp³-hybridized carbons (Fsp3) is 0. The van der Waals surface area contributed by atoms with Crippen molar-refractivity contribution in [2.24, 2.45) is 0 Å². The predicted molar refractivity (Wildman–Crippen MR) is 247 cm³/mol. The van der Waals surface area contributed by atoms with Crippen molar-refractivity contribution < 1.29 is 4.42 Å². The van der Waals surface area contributed by atoms with Crippen LogP contribution in [-0.2, 0) is 0 Å². The first kappa shape index (κ1) is 32.8. The topological polar surface area (TPSA) is 21.3 Å². The molecule has 0 spiro atoms. The van der Waals surface area contributed by atoms with E-state index in [0.29, 0.717) is 0 Å². The quantitative estimate of drug-likeness (QED) is 0.168. The summed E-state index contributed by atoms with van der Waals surface area (Å²) in [5.41, 5.74) is 13.1. The Hall–Kier alpha value is -7.40. The van der Waals surface area contributed by atoms with E-state index in [1.807, 2.05) is 17.4 Å². The van der Waals surface area contributed by atoms with Gasteiger partial charge >= 0.3 is 0 Å². The molecule has 0 aliphatic carbocycles. The van der Waals surface area contributed by atoms with Crippen molar-refractivity contribution in [3.63, 3.8) is 0 Å². The third kappa shape index (κ3) is 5.12. The summed E-state index contributed by atoms with van der Waals surface area (Å²) < 4.78 is 11.4. The lowest BCUT2D eigenvalue weighted by molar-refractivity contribution is 0.669. The average Bonchev–Trinajstić information content (AvgIpc) is 3.96. The first-order valence-corrected chi connectivity index (χ1v) is 20.5. The van der Waals surface area contributed by atoms with E-state index in [-0.39, 0.29) is 0 Å². The zero-order valence-electron chi connectivity index (χ0n) is 31.3. The molecule has 0 bridgehead atoms. The first-order valence-electron chi connectivity index (χ1n) is 19.7. The second-order valence-electron chi connectivity index (χ2n) is 14.9. The second kappa shape index (κ2) is 13.1. The molecule has 12 rings (SSSR count). The Morgan fingerprint density at radius 2 is 1.07 bits per heavy atom. The van der Waals surface area contributed by atoms with Gasteiger partial charge in [0.05, 0.1) is 16.7 Å². The lowest BCUT2D eigenvalue weighted by Crippen LogP contribution is -2.12. The van der Waals surface area contributed by atoms with Crippen molar-refractivity contribution >= 4 is 92.3 Å². The largest absolute Gasteiger partial charge is 0.456 e. The van der Waals surface area contributed by atoms with E-state index in [1.54, 1.807) is 0 Å². The number of thiophene rings is 1. The third-order valence-electron chi connectivity index (χ3n) is 11.6. The molecular weight excluding hydrogens is 725 g/mol. The molecule has 3 aromatic heterocycles. The number of anilines is 3. The number of fused-ring (bicyclic) bond motifs is 9. The predicted octanol–water partition coefficient (Wildman–Crippen LogP) is 15.9. The Morgan fingerprint density at radius 1 is 0.397 bits per heavy atom. The van der Waals surface area contributed by atoms with Gasteiger partial charge < -0.3 is 13.9 Å². The Morgan fingerprint density at radius 3 is 1.95 bits per heavy atom. The van der Waals surface area contributed by atoms with E-state index in [1.165, 1.54) is 58.7 Å². The van der Waals surface area contributed by atoms with Gasteiger partial charge in [0, 0.05) is 64.3 Å². The van der Waals surface area contributed by atoms with Gasteiger partial charge in [0.1, 0.15) is 11.2 Å². The fourth-order valence-corrected chi connectivity index (χ4v) is 10.1. The highest BCUT2D eigenvalue weighted by molar-refractivity contribution is 7.25. The number of rotatable bonds is 6. The molecule has 272 valence electrons. The number of hydrogen-bond acceptors (Lipinski definition) is 3. The summed E-state index contributed by atoms with van der Waals surface area (Å²) >= 11 is 1.85. The second-order valence-corrected chi connectivity index (χ2v) is 16.0. The highest BCUT2D eigenvalue weighted by atomic mass is 32.1. The molecule has 0 unspecified atom stereocenters. The molecule has 0 saturated carbocycles. The van der Waals surface area contributed by atoms with Crippen molar-refractivity contribution in [3.05, 3.63) is 206 Å². The van der Waals surface area contributed by atoms with Gasteiger partial charge in [-0.05, 0) is 95.6 Å². The van der Waals surface area contributed by atoms with Crippen LogP contribution in [0.25, 0.3) is 91.9 Å². The summed E-state index contributed by atoms with van der Waals surface area (Å²) in [5, 5.41) is 7.20. The van der Waals surface area contributed by atoms with Crippen LogP contribution >= 0.6 is 11.3 Å². The van der Waals surface area contributed by atoms with Crippen LogP contribution in [0, 0.1) is 0 Å². The monoisotopic (exact) mass is 758 g/mol. The van der Waals surface area contributed by atoms with Gasteiger partial charge in [-0.2, -0.15) is 0 Å². The van der Waals surface area contributed by atoms with E-state index < -0.39 is 0 Å². The lowest BCUT2D eigenvalue weighted by atomic mass is 9.91. The van der Waals surface area contributed by atoms with Gasteiger partial charge in [-0.15, -0.1) is 11.3 Å². The van der Waals surface area contributed by atoms with Gasteiger partial charge in [0.15, 0.2) is 0 Å². The van der Waals surface area contributed by atoms with E-state index >= 15 is 0 Å². The molecule has 12 aromatic rings. The van der Waals surface area contributed by atoms with Gasteiger partial charge in [0.2, 0.25) is 0 Å². The van der Waals surface area contributed by atoms with Crippen LogP contribution in [0.4, 0.5) is 17.1 Å². The van der Waals surface area contributed by atoms with Gasteiger partial charge in [0.25, 0.3) is 0 Å². The molecule has 0 aliphatic rings. The number of aromatic nitrogens is 1. The molecule has 0 N–H and O–H groups in total. The summed E-state index contributed by atoms with van der Waals surface area (Å²) in [4.78, 5) is 2.45. The highest BCUT2D eigenvalue weighted by Crippen LogP contribution is 2.49. The maximum absolute atomic E-state index is 6.37. The molecule has 4 heteroatoms. The zero-order chi connectivity index (χ0) is 38.2. The van der Waals surface area contributed by atoms with E-state index in [9.17, 15) is 0 Å². The highest BCUT2D eigenvalue weighted by Gasteiger charge is 2.24. The maximum Gasteiger partial charge on any atom is 0.135 e. The van der Waals surface area contributed by atoms with Crippen molar-refractivity contribution in [2.45, 2.75) is 0 Å². The van der Waals surface area contributed by atoms with E-state index in [4.69, 9.17) is 4.42 Å². The van der Waals surface area contributed by atoms with Crippen LogP contribution in [0.3, 0.4) is 0 Å². The molecule has 3 heterocycles. The molecule has 0 atom stereocenters. The van der Waals surface area contributed by atoms with Gasteiger partial charge in [-0.25, -0.2) is 0 Å². The number of nitrogens with zero attached hydrogens (tertiary/aromatic N) is 2. The van der Waals surface area contributed by atoms with E-state index in [2.05, 4.69) is 210 Å². The molecule has 0 fully saturated rings. The molecule has 9 aromatic carbocycles. The molecular formula is C54H34N2OS. The molecule has 0 radical (unpaired) electrons. The standard InChI is InChI=1S/C54H34N2OS/c1-3-14-35(15-4-1)40-21-13-23-48(54(40)36-26-31-53-46(32-36)44-20-9-12-25-52(44)58-53)55(38-28-30-51-45(33-38)43-19-8-11-24-50(43)57-51)39-27-29-42-41-18-7-10-22-47(41)56(49(42)34-39)37-16-5-2-6-17-37/h1-34H. The summed E-state index contributed by atoms with van der Waals surface area (Å²) in [5.74, 6) is 0. The van der Waals surface area contributed by atoms with Crippen LogP contribution in [0.15, 0.2) is 211 Å².